The highest BCUT2D eigenvalue weighted by atomic mass is 16.6. The molecule has 0 amide bonds. The van der Waals surface area contributed by atoms with Gasteiger partial charge in [0.1, 0.15) is 11.9 Å². The molecule has 27 heavy (non-hydrogen) atoms. The Balaban J connectivity index is 1.72. The number of esters is 1. The normalized spacial score (nSPS) is 37.1. The minimum absolute atomic E-state index is 0.0263. The van der Waals surface area contributed by atoms with Gasteiger partial charge in [-0.1, -0.05) is 6.07 Å². The van der Waals surface area contributed by atoms with E-state index in [0.29, 0.717) is 30.8 Å². The number of benzene rings is 1. The maximum Gasteiger partial charge on any atom is 0.339 e. The summed E-state index contributed by atoms with van der Waals surface area (Å²) >= 11 is 0. The van der Waals surface area contributed by atoms with E-state index in [0.717, 1.165) is 17.7 Å². The monoisotopic (exact) mass is 373 g/mol. The van der Waals surface area contributed by atoms with E-state index < -0.39 is 29.2 Å². The maximum atomic E-state index is 12.0. The molecule has 3 N–H and O–H groups in total. The summed E-state index contributed by atoms with van der Waals surface area (Å²) in [5.41, 5.74) is 0.0273. The van der Waals surface area contributed by atoms with Gasteiger partial charge in [-0.3, -0.25) is 0 Å². The van der Waals surface area contributed by atoms with E-state index in [9.17, 15) is 20.1 Å². The fourth-order valence-corrected chi connectivity index (χ4v) is 5.64. The molecular weight excluding hydrogens is 350 g/mol. The first-order valence-electron chi connectivity index (χ1n) is 9.34. The van der Waals surface area contributed by atoms with Gasteiger partial charge in [0.05, 0.1) is 11.0 Å². The molecule has 2 heterocycles. The predicted octanol–water partition coefficient (Wildman–Crippen LogP) is 0.594. The fourth-order valence-electron chi connectivity index (χ4n) is 5.64. The Kier molecular flexibility index (Phi) is 3.31. The second-order valence-corrected chi connectivity index (χ2v) is 8.20. The van der Waals surface area contributed by atoms with Crippen LogP contribution in [0, 0.1) is 0 Å². The average molecular weight is 373 g/mol. The van der Waals surface area contributed by atoms with Crippen molar-refractivity contribution < 1.29 is 29.6 Å². The van der Waals surface area contributed by atoms with Gasteiger partial charge in [-0.25, -0.2) is 4.79 Å². The number of likely N-dealkylation sites (tertiary alicyclic amines) is 1. The van der Waals surface area contributed by atoms with Gasteiger partial charge in [0.15, 0.2) is 17.6 Å². The molecule has 0 aromatic heterocycles. The van der Waals surface area contributed by atoms with Crippen LogP contribution in [-0.2, 0) is 21.4 Å². The summed E-state index contributed by atoms with van der Waals surface area (Å²) in [6.07, 6.45) is 1.34. The number of nitrogens with zero attached hydrogens (tertiary/aromatic N) is 1. The van der Waals surface area contributed by atoms with Gasteiger partial charge in [0.25, 0.3) is 0 Å². The van der Waals surface area contributed by atoms with Crippen LogP contribution in [0.3, 0.4) is 0 Å². The zero-order valence-electron chi connectivity index (χ0n) is 15.3. The first-order valence-corrected chi connectivity index (χ1v) is 9.34. The van der Waals surface area contributed by atoms with Crippen molar-refractivity contribution in [3.63, 3.8) is 0 Å². The van der Waals surface area contributed by atoms with E-state index in [1.165, 1.54) is 6.92 Å². The summed E-state index contributed by atoms with van der Waals surface area (Å²) < 4.78 is 11.6. The Hall–Kier alpha value is -2.09. The van der Waals surface area contributed by atoms with Gasteiger partial charge in [0.2, 0.25) is 0 Å². The number of carbonyl (C=O) groups excluding carboxylic acids is 1. The van der Waals surface area contributed by atoms with Crippen molar-refractivity contribution in [2.24, 2.45) is 0 Å². The van der Waals surface area contributed by atoms with Crippen LogP contribution in [0.25, 0.3) is 0 Å². The van der Waals surface area contributed by atoms with Crippen molar-refractivity contribution in [1.29, 1.82) is 0 Å². The first kappa shape index (κ1) is 17.0. The highest BCUT2D eigenvalue weighted by Gasteiger charge is 2.72. The Morgan fingerprint density at radius 3 is 2.96 bits per heavy atom. The zero-order valence-corrected chi connectivity index (χ0v) is 15.3. The molecule has 1 aromatic rings. The molecule has 7 nitrogen and oxygen atoms in total. The Morgan fingerprint density at radius 2 is 2.22 bits per heavy atom. The minimum Gasteiger partial charge on any atom is -0.504 e. The lowest BCUT2D eigenvalue weighted by Gasteiger charge is -2.61. The third kappa shape index (κ3) is 1.89. The number of aliphatic hydroxyl groups excluding tert-OH is 1. The van der Waals surface area contributed by atoms with E-state index in [-0.39, 0.29) is 11.8 Å². The Morgan fingerprint density at radius 1 is 1.44 bits per heavy atom. The molecule has 5 atom stereocenters. The molecule has 4 aliphatic rings. The van der Waals surface area contributed by atoms with Crippen molar-refractivity contribution in [3.05, 3.63) is 35.1 Å². The van der Waals surface area contributed by atoms with Crippen LogP contribution < -0.4 is 4.74 Å². The number of phenolic OH excluding ortho intramolecular Hbond substituents is 1. The summed E-state index contributed by atoms with van der Waals surface area (Å²) in [5.74, 6) is -0.0528. The van der Waals surface area contributed by atoms with Crippen LogP contribution in [0.2, 0.25) is 0 Å². The van der Waals surface area contributed by atoms with E-state index in [4.69, 9.17) is 9.47 Å². The summed E-state index contributed by atoms with van der Waals surface area (Å²) in [7, 11) is 2.01. The highest BCUT2D eigenvalue weighted by Crippen LogP contribution is 2.65. The largest absolute Gasteiger partial charge is 0.504 e. The number of aromatic hydroxyl groups is 1. The Labute approximate surface area is 156 Å². The van der Waals surface area contributed by atoms with E-state index in [1.54, 1.807) is 12.1 Å². The van der Waals surface area contributed by atoms with Gasteiger partial charge in [0, 0.05) is 18.0 Å². The topological polar surface area (TPSA) is 99.5 Å². The summed E-state index contributed by atoms with van der Waals surface area (Å²) in [6, 6.07) is 3.42. The number of phenols is 1. The van der Waals surface area contributed by atoms with Crippen molar-refractivity contribution >= 4 is 5.97 Å². The molecule has 1 fully saturated rings. The third-order valence-corrected chi connectivity index (χ3v) is 6.91. The average Bonchev–Trinajstić information content (AvgIpc) is 2.98. The van der Waals surface area contributed by atoms with Crippen LogP contribution in [-0.4, -0.2) is 63.6 Å². The van der Waals surface area contributed by atoms with E-state index in [2.05, 4.69) is 4.90 Å². The number of carbonyl (C=O) groups is 1. The number of aliphatic hydroxyl groups is 2. The molecule has 2 unspecified atom stereocenters. The number of piperidine rings is 1. The molecule has 0 radical (unpaired) electrons. The van der Waals surface area contributed by atoms with Crippen LogP contribution in [0.15, 0.2) is 24.0 Å². The second-order valence-electron chi connectivity index (χ2n) is 8.20. The van der Waals surface area contributed by atoms with Gasteiger partial charge in [-0.15, -0.1) is 0 Å². The molecule has 1 saturated heterocycles. The van der Waals surface area contributed by atoms with Gasteiger partial charge >= 0.3 is 5.97 Å². The molecule has 0 saturated carbocycles. The molecule has 1 aromatic carbocycles. The Bertz CT molecular complexity index is 879. The first-order chi connectivity index (χ1) is 12.8. The number of hydrogen-bond donors (Lipinski definition) is 3. The van der Waals surface area contributed by atoms with Crippen LogP contribution in [0.5, 0.6) is 11.5 Å². The number of rotatable bonds is 2. The third-order valence-electron chi connectivity index (χ3n) is 6.91. The van der Waals surface area contributed by atoms with Crippen LogP contribution in [0.1, 0.15) is 30.9 Å². The molecule has 2 aliphatic heterocycles. The summed E-state index contributed by atoms with van der Waals surface area (Å²) in [5, 5.41) is 31.8. The van der Waals surface area contributed by atoms with Crippen molar-refractivity contribution in [2.45, 2.75) is 55.5 Å². The smallest absolute Gasteiger partial charge is 0.339 e. The van der Waals surface area contributed by atoms with Crippen molar-refractivity contribution in [3.8, 4) is 11.5 Å². The molecular formula is C20H23NO6. The summed E-state index contributed by atoms with van der Waals surface area (Å²) in [4.78, 5) is 14.2. The van der Waals surface area contributed by atoms with Crippen molar-refractivity contribution in [2.75, 3.05) is 13.6 Å². The molecule has 2 bridgehead atoms. The van der Waals surface area contributed by atoms with E-state index >= 15 is 0 Å². The molecule has 5 rings (SSSR count). The standard InChI is InChI=1S/C20H23NO6/c1-10(22)18(24)26-13-5-6-20(25)14-9-11-3-4-12(23)16-15(11)19(20,17(13)27-16)7-8-21(14)2/h3-5,10,14,17,22-23,25H,6-9H2,1-2H3/t10-,14+,17?,19?,20+/m0/s1. The molecule has 2 aliphatic carbocycles. The summed E-state index contributed by atoms with van der Waals surface area (Å²) in [6.45, 7) is 2.11. The lowest BCUT2D eigenvalue weighted by atomic mass is 9.50. The zero-order chi connectivity index (χ0) is 19.1. The van der Waals surface area contributed by atoms with Crippen molar-refractivity contribution in [1.82, 2.24) is 4.90 Å². The molecule has 144 valence electrons. The number of hydrogen-bond acceptors (Lipinski definition) is 7. The minimum atomic E-state index is -1.26. The maximum absolute atomic E-state index is 12.0. The lowest BCUT2D eigenvalue weighted by molar-refractivity contribution is -0.171. The predicted molar refractivity (Wildman–Crippen MR) is 94.4 cm³/mol. The SMILES string of the molecule is C[C@H](O)C(=O)OC1=CC[C@@]2(O)[C@H]3Cc4ccc(O)c5c4C2(CCN3C)C1O5. The van der Waals surface area contributed by atoms with Gasteiger partial charge < -0.3 is 29.7 Å². The van der Waals surface area contributed by atoms with E-state index in [1.807, 2.05) is 13.1 Å². The molecule has 7 heteroatoms. The molecule has 1 spiro atoms. The van der Waals surface area contributed by atoms with Crippen LogP contribution >= 0.6 is 0 Å². The van der Waals surface area contributed by atoms with Gasteiger partial charge in [-0.05, 0) is 51.1 Å². The lowest BCUT2D eigenvalue weighted by Crippen LogP contribution is -2.74. The number of ether oxygens (including phenoxy) is 2. The second kappa shape index (κ2) is 5.25. The number of likely N-dealkylation sites (N-methyl/N-ethyl adjacent to an activating group) is 1. The van der Waals surface area contributed by atoms with Crippen LogP contribution in [0.4, 0.5) is 0 Å². The fraction of sp³-hybridized carbons (Fsp3) is 0.550. The highest BCUT2D eigenvalue weighted by molar-refractivity contribution is 5.75. The quantitative estimate of drug-likeness (QED) is 0.653. The van der Waals surface area contributed by atoms with Gasteiger partial charge in [-0.2, -0.15) is 0 Å².